The number of nitro groups is 1. The molecule has 0 heterocycles. The molecule has 6 nitrogen and oxygen atoms in total. The summed E-state index contributed by atoms with van der Waals surface area (Å²) in [6.07, 6.45) is 6.11. The second kappa shape index (κ2) is 12.1. The molecule has 0 aliphatic heterocycles. The average Bonchev–Trinajstić information content (AvgIpc) is 2.69. The van der Waals surface area contributed by atoms with Crippen molar-refractivity contribution in [2.45, 2.75) is 84.0 Å². The Balaban J connectivity index is 2.99. The number of hydrogen-bond donors (Lipinski definition) is 0. The molecule has 0 radical (unpaired) electrons. The van der Waals surface area contributed by atoms with Crippen LogP contribution in [0.3, 0.4) is 0 Å². The van der Waals surface area contributed by atoms with Gasteiger partial charge in [0.2, 0.25) is 0 Å². The number of nitrogens with zero attached hydrogens (tertiary/aromatic N) is 1. The smallest absolute Gasteiger partial charge is 0.338 e. The summed E-state index contributed by atoms with van der Waals surface area (Å²) in [5.74, 6) is -0.441. The highest BCUT2D eigenvalue weighted by atomic mass is 28.4. The molecule has 0 spiro atoms. The van der Waals surface area contributed by atoms with Gasteiger partial charge in [-0.05, 0) is 49.5 Å². The maximum atomic E-state index is 12.8. The maximum Gasteiger partial charge on any atom is 0.338 e. The van der Waals surface area contributed by atoms with Crippen LogP contribution in [0.15, 0.2) is 36.9 Å². The third kappa shape index (κ3) is 8.57. The van der Waals surface area contributed by atoms with E-state index in [-0.39, 0.29) is 22.7 Å². The molecule has 0 N–H and O–H groups in total. The van der Waals surface area contributed by atoms with Crippen LogP contribution in [0.25, 0.3) is 0 Å². The second-order valence-corrected chi connectivity index (χ2v) is 14.4. The molecule has 0 saturated heterocycles. The molecule has 1 aromatic rings. The van der Waals surface area contributed by atoms with Gasteiger partial charge in [-0.2, -0.15) is 0 Å². The van der Waals surface area contributed by atoms with Crippen LogP contribution in [0.1, 0.15) is 70.2 Å². The Morgan fingerprint density at radius 1 is 1.23 bits per heavy atom. The lowest BCUT2D eigenvalue weighted by Crippen LogP contribution is -2.43. The molecule has 0 bridgehead atoms. The first-order valence-electron chi connectivity index (χ1n) is 11.1. The standard InChI is InChI=1S/C24H39NO5Si/c1-8-10-11-13-22(20(12-9-2)18-29-31(6,7)24(3,4)5)30-23(26)19-14-16-21(17-15-19)25(27)28/h9,14-17,20,22H,2,8,10-13,18H2,1,3-7H3/t20-,22-/m1/s1. The minimum atomic E-state index is -1.94. The summed E-state index contributed by atoms with van der Waals surface area (Å²) in [6, 6.07) is 5.53. The summed E-state index contributed by atoms with van der Waals surface area (Å²) < 4.78 is 12.4. The summed E-state index contributed by atoms with van der Waals surface area (Å²) in [5.41, 5.74) is 0.261. The number of unbranched alkanes of at least 4 members (excludes halogenated alkanes) is 2. The number of non-ortho nitro benzene ring substituents is 1. The van der Waals surface area contributed by atoms with Gasteiger partial charge in [-0.3, -0.25) is 10.1 Å². The van der Waals surface area contributed by atoms with Crippen molar-refractivity contribution in [3.8, 4) is 0 Å². The molecule has 2 atom stereocenters. The molecule has 174 valence electrons. The minimum Gasteiger partial charge on any atom is -0.458 e. The van der Waals surface area contributed by atoms with Crippen molar-refractivity contribution in [3.05, 3.63) is 52.6 Å². The lowest BCUT2D eigenvalue weighted by atomic mass is 9.94. The van der Waals surface area contributed by atoms with E-state index in [1.165, 1.54) is 24.3 Å². The quantitative estimate of drug-likeness (QED) is 0.0816. The number of carbonyl (C=O) groups excluding carboxylic acids is 1. The largest absolute Gasteiger partial charge is 0.458 e. The van der Waals surface area contributed by atoms with Crippen LogP contribution in [0, 0.1) is 16.0 Å². The number of benzene rings is 1. The van der Waals surface area contributed by atoms with Crippen LogP contribution in [0.5, 0.6) is 0 Å². The molecule has 0 aromatic heterocycles. The van der Waals surface area contributed by atoms with E-state index in [2.05, 4.69) is 47.4 Å². The molecule has 0 saturated carbocycles. The molecule has 0 amide bonds. The normalized spacial score (nSPS) is 14.0. The van der Waals surface area contributed by atoms with E-state index >= 15 is 0 Å². The third-order valence-corrected chi connectivity index (χ3v) is 10.6. The van der Waals surface area contributed by atoms with Crippen molar-refractivity contribution in [1.82, 2.24) is 0 Å². The first-order chi connectivity index (χ1) is 14.4. The van der Waals surface area contributed by atoms with E-state index in [1.807, 2.05) is 6.08 Å². The van der Waals surface area contributed by atoms with E-state index in [4.69, 9.17) is 9.16 Å². The van der Waals surface area contributed by atoms with Crippen molar-refractivity contribution in [2.24, 2.45) is 5.92 Å². The highest BCUT2D eigenvalue weighted by Gasteiger charge is 2.38. The van der Waals surface area contributed by atoms with Gasteiger partial charge in [0.05, 0.1) is 10.5 Å². The molecular formula is C24H39NO5Si. The Hall–Kier alpha value is -1.99. The first-order valence-corrected chi connectivity index (χ1v) is 14.0. The van der Waals surface area contributed by atoms with Crippen molar-refractivity contribution in [1.29, 1.82) is 0 Å². The molecule has 1 rings (SSSR count). The zero-order chi connectivity index (χ0) is 23.7. The van der Waals surface area contributed by atoms with Crippen LogP contribution in [0.2, 0.25) is 18.1 Å². The van der Waals surface area contributed by atoms with E-state index < -0.39 is 19.2 Å². The zero-order valence-corrected chi connectivity index (χ0v) is 21.0. The van der Waals surface area contributed by atoms with Gasteiger partial charge in [0.1, 0.15) is 6.10 Å². The average molecular weight is 450 g/mol. The Labute approximate surface area is 188 Å². The van der Waals surface area contributed by atoms with Gasteiger partial charge in [0.25, 0.3) is 5.69 Å². The fraction of sp³-hybridized carbons (Fsp3) is 0.625. The number of ether oxygens (including phenoxy) is 1. The van der Waals surface area contributed by atoms with E-state index in [1.54, 1.807) is 0 Å². The van der Waals surface area contributed by atoms with Crippen LogP contribution in [-0.4, -0.2) is 31.9 Å². The summed E-state index contributed by atoms with van der Waals surface area (Å²) in [6.45, 7) is 17.6. The molecule has 31 heavy (non-hydrogen) atoms. The van der Waals surface area contributed by atoms with E-state index in [9.17, 15) is 14.9 Å². The van der Waals surface area contributed by atoms with E-state index in [0.29, 0.717) is 18.6 Å². The summed E-state index contributed by atoms with van der Waals surface area (Å²) in [5, 5.41) is 11.0. The number of esters is 1. The number of allylic oxidation sites excluding steroid dienone is 1. The monoisotopic (exact) mass is 449 g/mol. The Bertz CT molecular complexity index is 724. The molecule has 0 unspecified atom stereocenters. The first kappa shape index (κ1) is 27.0. The lowest BCUT2D eigenvalue weighted by molar-refractivity contribution is -0.384. The van der Waals surface area contributed by atoms with Crippen LogP contribution in [0.4, 0.5) is 5.69 Å². The highest BCUT2D eigenvalue weighted by Crippen LogP contribution is 2.37. The van der Waals surface area contributed by atoms with Gasteiger partial charge in [-0.1, -0.05) is 46.6 Å². The lowest BCUT2D eigenvalue weighted by Gasteiger charge is -2.38. The number of carbonyl (C=O) groups is 1. The highest BCUT2D eigenvalue weighted by molar-refractivity contribution is 6.74. The zero-order valence-electron chi connectivity index (χ0n) is 20.0. The maximum absolute atomic E-state index is 12.8. The number of hydrogen-bond acceptors (Lipinski definition) is 5. The van der Waals surface area contributed by atoms with E-state index in [0.717, 1.165) is 25.7 Å². The van der Waals surface area contributed by atoms with Gasteiger partial charge in [0, 0.05) is 24.7 Å². The summed E-state index contributed by atoms with van der Waals surface area (Å²) in [4.78, 5) is 23.2. The van der Waals surface area contributed by atoms with Gasteiger partial charge in [-0.25, -0.2) is 4.79 Å². The molecule has 1 aromatic carbocycles. The van der Waals surface area contributed by atoms with Crippen LogP contribution >= 0.6 is 0 Å². The molecular weight excluding hydrogens is 410 g/mol. The number of nitro benzene ring substituents is 1. The topological polar surface area (TPSA) is 78.7 Å². The fourth-order valence-corrected chi connectivity index (χ4v) is 4.05. The molecule has 0 fully saturated rings. The minimum absolute atomic E-state index is 0.0190. The third-order valence-electron chi connectivity index (χ3n) is 6.12. The molecule has 7 heteroatoms. The van der Waals surface area contributed by atoms with Crippen molar-refractivity contribution < 1.29 is 18.9 Å². The van der Waals surface area contributed by atoms with Gasteiger partial charge in [-0.15, -0.1) is 6.58 Å². The predicted octanol–water partition coefficient (Wildman–Crippen LogP) is 6.91. The summed E-state index contributed by atoms with van der Waals surface area (Å²) in [7, 11) is -1.94. The van der Waals surface area contributed by atoms with Crippen molar-refractivity contribution >= 4 is 20.0 Å². The fourth-order valence-electron chi connectivity index (χ4n) is 2.98. The summed E-state index contributed by atoms with van der Waals surface area (Å²) >= 11 is 0. The molecule has 0 aliphatic rings. The van der Waals surface area contributed by atoms with Crippen LogP contribution < -0.4 is 0 Å². The predicted molar refractivity (Wildman–Crippen MR) is 128 cm³/mol. The Kier molecular flexibility index (Phi) is 10.6. The number of rotatable bonds is 13. The van der Waals surface area contributed by atoms with Gasteiger partial charge < -0.3 is 9.16 Å². The van der Waals surface area contributed by atoms with Crippen molar-refractivity contribution in [3.63, 3.8) is 0 Å². The Morgan fingerprint density at radius 3 is 2.32 bits per heavy atom. The van der Waals surface area contributed by atoms with Crippen molar-refractivity contribution in [2.75, 3.05) is 6.61 Å². The SMILES string of the molecule is C=CC[C@H](CO[Si](C)(C)C(C)(C)C)[C@@H](CCCCC)OC(=O)c1ccc([N+](=O)[O-])cc1. The van der Waals surface area contributed by atoms with Gasteiger partial charge in [0.15, 0.2) is 8.32 Å². The second-order valence-electron chi connectivity index (χ2n) is 9.60. The Morgan fingerprint density at radius 2 is 1.84 bits per heavy atom. The van der Waals surface area contributed by atoms with Gasteiger partial charge >= 0.3 is 5.97 Å². The van der Waals surface area contributed by atoms with Crippen LogP contribution in [-0.2, 0) is 9.16 Å². The molecule has 0 aliphatic carbocycles.